The lowest BCUT2D eigenvalue weighted by atomic mass is 10.6. The van der Waals surface area contributed by atoms with Crippen LogP contribution in [-0.2, 0) is 6.54 Å². The summed E-state index contributed by atoms with van der Waals surface area (Å²) < 4.78 is 1.45. The second kappa shape index (κ2) is 2.81. The first-order valence-electron chi connectivity index (χ1n) is 2.63. The Bertz CT molecular complexity index is 216. The van der Waals surface area contributed by atoms with E-state index in [-0.39, 0.29) is 12.4 Å². The predicted octanol–water partition coefficient (Wildman–Crippen LogP) is -0.976. The van der Waals surface area contributed by atoms with Gasteiger partial charge in [0.1, 0.15) is 6.54 Å². The van der Waals surface area contributed by atoms with E-state index in [1.807, 2.05) is 0 Å². The van der Waals surface area contributed by atoms with E-state index < -0.39 is 0 Å². The first kappa shape index (κ1) is 6.53. The monoisotopic (exact) mass is 141 g/mol. The lowest BCUT2D eigenvalue weighted by Gasteiger charge is -1.94. The van der Waals surface area contributed by atoms with Crippen molar-refractivity contribution < 1.29 is 5.21 Å². The lowest BCUT2D eigenvalue weighted by Crippen LogP contribution is -2.19. The molecule has 0 aliphatic carbocycles. The van der Waals surface area contributed by atoms with Gasteiger partial charge >= 0.3 is 0 Å². The van der Waals surface area contributed by atoms with E-state index in [0.29, 0.717) is 0 Å². The van der Waals surface area contributed by atoms with Gasteiger partial charge in [-0.2, -0.15) is 0 Å². The maximum atomic E-state index is 8.14. The Morgan fingerprint density at radius 1 is 1.80 bits per heavy atom. The van der Waals surface area contributed by atoms with Crippen molar-refractivity contribution in [3.8, 4) is 0 Å². The SMILES string of the molecule is NC(Cn1ccnn1)=NO. The molecule has 6 nitrogen and oxygen atoms in total. The number of nitrogens with two attached hydrogens (primary N) is 1. The summed E-state index contributed by atoms with van der Waals surface area (Å²) in [4.78, 5) is 0. The van der Waals surface area contributed by atoms with Gasteiger partial charge in [0.2, 0.25) is 0 Å². The summed E-state index contributed by atoms with van der Waals surface area (Å²) in [5.74, 6) is 0.102. The third kappa shape index (κ3) is 1.44. The Balaban J connectivity index is 2.56. The molecule has 0 unspecified atom stereocenters. The number of amidine groups is 1. The molecule has 0 spiro atoms. The van der Waals surface area contributed by atoms with Crippen LogP contribution in [-0.4, -0.2) is 26.0 Å². The molecule has 0 atom stereocenters. The van der Waals surface area contributed by atoms with Crippen LogP contribution >= 0.6 is 0 Å². The number of oxime groups is 1. The molecule has 0 amide bonds. The molecule has 1 aromatic rings. The summed E-state index contributed by atoms with van der Waals surface area (Å²) >= 11 is 0. The van der Waals surface area contributed by atoms with E-state index in [9.17, 15) is 0 Å². The maximum Gasteiger partial charge on any atom is 0.160 e. The van der Waals surface area contributed by atoms with Crippen LogP contribution in [0.5, 0.6) is 0 Å². The molecule has 0 saturated carbocycles. The highest BCUT2D eigenvalue weighted by Crippen LogP contribution is 1.79. The van der Waals surface area contributed by atoms with Crippen LogP contribution in [0.2, 0.25) is 0 Å². The van der Waals surface area contributed by atoms with Crippen LogP contribution in [0.4, 0.5) is 0 Å². The number of hydrogen-bond acceptors (Lipinski definition) is 4. The molecule has 6 heteroatoms. The van der Waals surface area contributed by atoms with Crippen LogP contribution in [0.1, 0.15) is 0 Å². The Labute approximate surface area is 56.9 Å². The third-order valence-electron chi connectivity index (χ3n) is 0.924. The molecule has 1 heterocycles. The van der Waals surface area contributed by atoms with Gasteiger partial charge in [0, 0.05) is 6.20 Å². The largest absolute Gasteiger partial charge is 0.409 e. The summed E-state index contributed by atoms with van der Waals surface area (Å²) in [6.45, 7) is 0.260. The minimum absolute atomic E-state index is 0.102. The van der Waals surface area contributed by atoms with Crippen molar-refractivity contribution in [2.45, 2.75) is 6.54 Å². The fraction of sp³-hybridized carbons (Fsp3) is 0.250. The van der Waals surface area contributed by atoms with E-state index in [1.165, 1.54) is 10.9 Å². The average Bonchev–Trinajstić information content (AvgIpc) is 2.40. The summed E-state index contributed by atoms with van der Waals surface area (Å²) in [5.41, 5.74) is 5.18. The van der Waals surface area contributed by atoms with Crippen molar-refractivity contribution in [3.63, 3.8) is 0 Å². The first-order valence-corrected chi connectivity index (χ1v) is 2.63. The minimum Gasteiger partial charge on any atom is -0.409 e. The molecule has 10 heavy (non-hydrogen) atoms. The van der Waals surface area contributed by atoms with Crippen molar-refractivity contribution in [3.05, 3.63) is 12.4 Å². The molecule has 1 rings (SSSR count). The molecule has 0 aliphatic rings. The molecule has 0 radical (unpaired) electrons. The smallest absolute Gasteiger partial charge is 0.160 e. The van der Waals surface area contributed by atoms with Gasteiger partial charge in [0.05, 0.1) is 6.20 Å². The fourth-order valence-corrected chi connectivity index (χ4v) is 0.515. The highest BCUT2D eigenvalue weighted by atomic mass is 16.4. The lowest BCUT2D eigenvalue weighted by molar-refractivity contribution is 0.316. The quantitative estimate of drug-likeness (QED) is 0.240. The van der Waals surface area contributed by atoms with Crippen molar-refractivity contribution in [2.75, 3.05) is 0 Å². The van der Waals surface area contributed by atoms with E-state index in [1.54, 1.807) is 6.20 Å². The number of nitrogens with zero attached hydrogens (tertiary/aromatic N) is 4. The van der Waals surface area contributed by atoms with E-state index in [2.05, 4.69) is 15.5 Å². The summed E-state index contributed by atoms with van der Waals surface area (Å²) in [5, 5.41) is 18.0. The zero-order valence-electron chi connectivity index (χ0n) is 5.18. The number of aromatic nitrogens is 3. The Kier molecular flexibility index (Phi) is 1.83. The fourth-order valence-electron chi connectivity index (χ4n) is 0.515. The highest BCUT2D eigenvalue weighted by Gasteiger charge is 1.93. The van der Waals surface area contributed by atoms with Crippen LogP contribution < -0.4 is 5.73 Å². The summed E-state index contributed by atoms with van der Waals surface area (Å²) in [6, 6.07) is 0. The number of hydrogen-bond donors (Lipinski definition) is 2. The molecule has 0 saturated heterocycles. The normalized spacial score (nSPS) is 11.8. The summed E-state index contributed by atoms with van der Waals surface area (Å²) in [6.07, 6.45) is 3.14. The molecule has 0 aliphatic heterocycles. The average molecular weight is 141 g/mol. The molecular weight excluding hydrogens is 134 g/mol. The highest BCUT2D eigenvalue weighted by molar-refractivity contribution is 5.79. The van der Waals surface area contributed by atoms with Gasteiger partial charge in [-0.15, -0.1) is 5.10 Å². The van der Waals surface area contributed by atoms with E-state index in [4.69, 9.17) is 10.9 Å². The van der Waals surface area contributed by atoms with Gasteiger partial charge in [0.15, 0.2) is 5.84 Å². The Hall–Kier alpha value is -1.59. The van der Waals surface area contributed by atoms with Gasteiger partial charge in [-0.1, -0.05) is 10.4 Å². The molecule has 3 N–H and O–H groups in total. The third-order valence-corrected chi connectivity index (χ3v) is 0.924. The molecule has 0 fully saturated rings. The van der Waals surface area contributed by atoms with Crippen molar-refractivity contribution >= 4 is 5.84 Å². The summed E-state index contributed by atoms with van der Waals surface area (Å²) in [7, 11) is 0. The minimum atomic E-state index is 0.102. The van der Waals surface area contributed by atoms with Gasteiger partial charge in [0.25, 0.3) is 0 Å². The molecular formula is C4H7N5O. The van der Waals surface area contributed by atoms with Crippen LogP contribution in [0.3, 0.4) is 0 Å². The predicted molar refractivity (Wildman–Crippen MR) is 33.4 cm³/mol. The van der Waals surface area contributed by atoms with Crippen molar-refractivity contribution in [1.82, 2.24) is 15.0 Å². The van der Waals surface area contributed by atoms with Crippen LogP contribution in [0, 0.1) is 0 Å². The van der Waals surface area contributed by atoms with Gasteiger partial charge in [-0.3, -0.25) is 0 Å². The van der Waals surface area contributed by atoms with Gasteiger partial charge < -0.3 is 10.9 Å². The molecule has 1 aromatic heterocycles. The van der Waals surface area contributed by atoms with Crippen LogP contribution in [0.25, 0.3) is 0 Å². The standard InChI is InChI=1S/C4H7N5O/c5-4(7-10)3-9-2-1-6-8-9/h1-2,10H,3H2,(H2,5,7). The topological polar surface area (TPSA) is 89.3 Å². The van der Waals surface area contributed by atoms with E-state index in [0.717, 1.165) is 0 Å². The van der Waals surface area contributed by atoms with Crippen molar-refractivity contribution in [1.29, 1.82) is 0 Å². The van der Waals surface area contributed by atoms with E-state index >= 15 is 0 Å². The molecule has 0 bridgehead atoms. The Morgan fingerprint density at radius 3 is 3.10 bits per heavy atom. The second-order valence-electron chi connectivity index (χ2n) is 1.69. The maximum absolute atomic E-state index is 8.14. The zero-order chi connectivity index (χ0) is 7.40. The Morgan fingerprint density at radius 2 is 2.60 bits per heavy atom. The van der Waals surface area contributed by atoms with Crippen molar-refractivity contribution in [2.24, 2.45) is 10.9 Å². The first-order chi connectivity index (χ1) is 4.83. The van der Waals surface area contributed by atoms with Crippen LogP contribution in [0.15, 0.2) is 17.5 Å². The van der Waals surface area contributed by atoms with Gasteiger partial charge in [-0.25, -0.2) is 4.68 Å². The van der Waals surface area contributed by atoms with Gasteiger partial charge in [-0.05, 0) is 0 Å². The second-order valence-corrected chi connectivity index (χ2v) is 1.69. The molecule has 0 aromatic carbocycles. The number of rotatable bonds is 2. The molecule has 54 valence electrons. The zero-order valence-corrected chi connectivity index (χ0v) is 5.18.